The third-order valence-electron chi connectivity index (χ3n) is 2.52. The lowest BCUT2D eigenvalue weighted by Crippen LogP contribution is -2.30. The minimum atomic E-state index is -0.915. The van der Waals surface area contributed by atoms with Crippen molar-refractivity contribution in [1.82, 2.24) is 5.32 Å². The molecular formula is C12H14N2O3. The molecule has 2 rings (SSSR count). The van der Waals surface area contributed by atoms with Gasteiger partial charge in [-0.15, -0.1) is 0 Å². The number of anilines is 1. The number of carboxylic acid groups (broad SMARTS) is 1. The number of aliphatic carboxylic acids is 1. The first-order valence-corrected chi connectivity index (χ1v) is 5.52. The monoisotopic (exact) mass is 234 g/mol. The van der Waals surface area contributed by atoms with Crippen LogP contribution in [0.2, 0.25) is 0 Å². The van der Waals surface area contributed by atoms with Gasteiger partial charge in [0.1, 0.15) is 0 Å². The van der Waals surface area contributed by atoms with E-state index in [1.54, 1.807) is 24.3 Å². The van der Waals surface area contributed by atoms with Crippen molar-refractivity contribution >= 4 is 17.7 Å². The lowest BCUT2D eigenvalue weighted by atomic mass is 10.1. The molecule has 3 N–H and O–H groups in total. The standard InChI is InChI=1S/C12H14N2O3/c15-11(16)7-8-3-1-2-4-10(8)14-12(17)13-9-5-6-9/h1-4,9H,5-7H2,(H,15,16)(H2,13,14,17). The van der Waals surface area contributed by atoms with Crippen LogP contribution in [0.15, 0.2) is 24.3 Å². The number of carbonyl (C=O) groups excluding carboxylic acids is 1. The number of amides is 2. The van der Waals surface area contributed by atoms with Gasteiger partial charge in [-0.25, -0.2) is 4.79 Å². The lowest BCUT2D eigenvalue weighted by Gasteiger charge is -2.10. The van der Waals surface area contributed by atoms with Crippen LogP contribution in [0, 0.1) is 0 Å². The number of rotatable bonds is 4. The molecule has 0 spiro atoms. The Balaban J connectivity index is 2.02. The normalized spacial score (nSPS) is 14.1. The molecule has 0 radical (unpaired) electrons. The van der Waals surface area contributed by atoms with E-state index in [1.807, 2.05) is 0 Å². The van der Waals surface area contributed by atoms with Crippen molar-refractivity contribution in [3.63, 3.8) is 0 Å². The fraction of sp³-hybridized carbons (Fsp3) is 0.333. The van der Waals surface area contributed by atoms with Gasteiger partial charge in [-0.2, -0.15) is 0 Å². The predicted octanol–water partition coefficient (Wildman–Crippen LogP) is 1.60. The van der Waals surface area contributed by atoms with Gasteiger partial charge in [0.15, 0.2) is 0 Å². The number of para-hydroxylation sites is 1. The van der Waals surface area contributed by atoms with Crippen LogP contribution < -0.4 is 10.6 Å². The van der Waals surface area contributed by atoms with Crippen LogP contribution in [-0.2, 0) is 11.2 Å². The number of hydrogen-bond acceptors (Lipinski definition) is 2. The van der Waals surface area contributed by atoms with Crippen LogP contribution in [0.3, 0.4) is 0 Å². The van der Waals surface area contributed by atoms with Gasteiger partial charge < -0.3 is 15.7 Å². The fourth-order valence-corrected chi connectivity index (χ4v) is 1.53. The molecule has 2 amide bonds. The van der Waals surface area contributed by atoms with E-state index in [4.69, 9.17) is 5.11 Å². The molecule has 0 bridgehead atoms. The fourth-order valence-electron chi connectivity index (χ4n) is 1.53. The molecule has 90 valence electrons. The van der Waals surface area contributed by atoms with E-state index in [9.17, 15) is 9.59 Å². The molecule has 1 aliphatic rings. The summed E-state index contributed by atoms with van der Waals surface area (Å²) in [6.07, 6.45) is 1.94. The Labute approximate surface area is 98.8 Å². The van der Waals surface area contributed by atoms with Crippen molar-refractivity contribution in [3.8, 4) is 0 Å². The van der Waals surface area contributed by atoms with Crippen molar-refractivity contribution < 1.29 is 14.7 Å². The van der Waals surface area contributed by atoms with Gasteiger partial charge >= 0.3 is 12.0 Å². The van der Waals surface area contributed by atoms with Gasteiger partial charge in [-0.1, -0.05) is 18.2 Å². The summed E-state index contributed by atoms with van der Waals surface area (Å²) in [4.78, 5) is 22.2. The molecule has 1 fully saturated rings. The number of carbonyl (C=O) groups is 2. The van der Waals surface area contributed by atoms with Gasteiger partial charge in [-0.05, 0) is 24.5 Å². The number of urea groups is 1. The highest BCUT2D eigenvalue weighted by atomic mass is 16.4. The Morgan fingerprint density at radius 3 is 2.65 bits per heavy atom. The molecule has 1 aromatic carbocycles. The smallest absolute Gasteiger partial charge is 0.319 e. The zero-order valence-electron chi connectivity index (χ0n) is 9.27. The van der Waals surface area contributed by atoms with E-state index >= 15 is 0 Å². The molecule has 0 heterocycles. The zero-order chi connectivity index (χ0) is 12.3. The number of hydrogen-bond donors (Lipinski definition) is 3. The molecule has 0 atom stereocenters. The Morgan fingerprint density at radius 1 is 1.29 bits per heavy atom. The highest BCUT2D eigenvalue weighted by molar-refractivity contribution is 5.91. The maximum Gasteiger partial charge on any atom is 0.319 e. The molecule has 1 aliphatic carbocycles. The van der Waals surface area contributed by atoms with Crippen LogP contribution in [0.5, 0.6) is 0 Å². The van der Waals surface area contributed by atoms with Crippen molar-refractivity contribution in [2.75, 3.05) is 5.32 Å². The average Bonchev–Trinajstić information content (AvgIpc) is 3.04. The molecule has 0 aliphatic heterocycles. The van der Waals surface area contributed by atoms with Crippen LogP contribution in [-0.4, -0.2) is 23.1 Å². The van der Waals surface area contributed by atoms with Crippen molar-refractivity contribution in [2.24, 2.45) is 0 Å². The van der Waals surface area contributed by atoms with Gasteiger partial charge in [0.05, 0.1) is 6.42 Å². The minimum absolute atomic E-state index is 0.0973. The highest BCUT2D eigenvalue weighted by Gasteiger charge is 2.23. The first-order valence-electron chi connectivity index (χ1n) is 5.52. The molecule has 1 saturated carbocycles. The second-order valence-corrected chi connectivity index (χ2v) is 4.10. The maximum absolute atomic E-state index is 11.5. The molecule has 1 aromatic rings. The summed E-state index contributed by atoms with van der Waals surface area (Å²) in [5, 5.41) is 14.2. The van der Waals surface area contributed by atoms with Gasteiger partial charge in [0.25, 0.3) is 0 Å². The Hall–Kier alpha value is -2.04. The quantitative estimate of drug-likeness (QED) is 0.740. The maximum atomic E-state index is 11.5. The largest absolute Gasteiger partial charge is 0.481 e. The van der Waals surface area contributed by atoms with Crippen LogP contribution >= 0.6 is 0 Å². The van der Waals surface area contributed by atoms with E-state index in [0.29, 0.717) is 11.3 Å². The average molecular weight is 234 g/mol. The Kier molecular flexibility index (Phi) is 3.27. The van der Waals surface area contributed by atoms with Gasteiger partial charge in [0, 0.05) is 11.7 Å². The van der Waals surface area contributed by atoms with Gasteiger partial charge in [0.2, 0.25) is 0 Å². The summed E-state index contributed by atoms with van der Waals surface area (Å²) in [5.74, 6) is -0.915. The number of nitrogens with one attached hydrogen (secondary N) is 2. The topological polar surface area (TPSA) is 78.4 Å². The molecule has 0 aromatic heterocycles. The third-order valence-corrected chi connectivity index (χ3v) is 2.52. The van der Waals surface area contributed by atoms with E-state index in [1.165, 1.54) is 0 Å². The summed E-state index contributed by atoms with van der Waals surface area (Å²) in [6.45, 7) is 0. The zero-order valence-corrected chi connectivity index (χ0v) is 9.27. The SMILES string of the molecule is O=C(O)Cc1ccccc1NC(=O)NC1CC1. The highest BCUT2D eigenvalue weighted by Crippen LogP contribution is 2.20. The molecule has 0 saturated heterocycles. The molecule has 5 heteroatoms. The third kappa shape index (κ3) is 3.48. The first kappa shape index (κ1) is 11.4. The molecule has 0 unspecified atom stereocenters. The molecular weight excluding hydrogens is 220 g/mol. The lowest BCUT2D eigenvalue weighted by molar-refractivity contribution is -0.136. The van der Waals surface area contributed by atoms with Crippen molar-refractivity contribution in [3.05, 3.63) is 29.8 Å². The van der Waals surface area contributed by atoms with E-state index in [-0.39, 0.29) is 18.5 Å². The van der Waals surface area contributed by atoms with Crippen LogP contribution in [0.1, 0.15) is 18.4 Å². The summed E-state index contributed by atoms with van der Waals surface area (Å²) < 4.78 is 0. The van der Waals surface area contributed by atoms with E-state index < -0.39 is 5.97 Å². The van der Waals surface area contributed by atoms with E-state index in [0.717, 1.165) is 12.8 Å². The summed E-state index contributed by atoms with van der Waals surface area (Å²) in [5.41, 5.74) is 1.15. The Morgan fingerprint density at radius 2 is 2.00 bits per heavy atom. The van der Waals surface area contributed by atoms with Crippen LogP contribution in [0.4, 0.5) is 10.5 Å². The summed E-state index contributed by atoms with van der Waals surface area (Å²) in [7, 11) is 0. The number of benzene rings is 1. The minimum Gasteiger partial charge on any atom is -0.481 e. The molecule has 5 nitrogen and oxygen atoms in total. The van der Waals surface area contributed by atoms with Crippen molar-refractivity contribution in [1.29, 1.82) is 0 Å². The van der Waals surface area contributed by atoms with E-state index in [2.05, 4.69) is 10.6 Å². The summed E-state index contributed by atoms with van der Waals surface area (Å²) >= 11 is 0. The predicted molar refractivity (Wildman–Crippen MR) is 63.0 cm³/mol. The molecule has 17 heavy (non-hydrogen) atoms. The van der Waals surface area contributed by atoms with Gasteiger partial charge in [-0.3, -0.25) is 4.79 Å². The Bertz CT molecular complexity index is 441. The number of carboxylic acids is 1. The first-order chi connectivity index (χ1) is 8.15. The second-order valence-electron chi connectivity index (χ2n) is 4.10. The summed E-state index contributed by atoms with van der Waals surface area (Å²) in [6, 6.07) is 6.92. The van der Waals surface area contributed by atoms with Crippen molar-refractivity contribution in [2.45, 2.75) is 25.3 Å². The second kappa shape index (κ2) is 4.86. The van der Waals surface area contributed by atoms with Crippen LogP contribution in [0.25, 0.3) is 0 Å².